The van der Waals surface area contributed by atoms with Gasteiger partial charge in [-0.05, 0) is 39.4 Å². The third kappa shape index (κ3) is 5.09. The van der Waals surface area contributed by atoms with E-state index in [-0.39, 0.29) is 11.8 Å². The molecule has 2 fully saturated rings. The molecule has 2 aliphatic heterocycles. The van der Waals surface area contributed by atoms with Crippen LogP contribution in [0.2, 0.25) is 0 Å². The molecule has 2 aliphatic rings. The predicted molar refractivity (Wildman–Crippen MR) is 77.2 cm³/mol. The molecule has 2 saturated heterocycles. The van der Waals surface area contributed by atoms with Crippen molar-refractivity contribution in [2.45, 2.75) is 19.3 Å². The SMILES string of the molecule is CN1CCN(CCCNC(=O)[C@H]2CCCNC2)CC1. The van der Waals surface area contributed by atoms with Gasteiger partial charge in [0.15, 0.2) is 0 Å². The Morgan fingerprint density at radius 3 is 2.79 bits per heavy atom. The molecule has 1 atom stereocenters. The fraction of sp³-hybridized carbons (Fsp3) is 0.929. The van der Waals surface area contributed by atoms with Crippen LogP contribution in [0.1, 0.15) is 19.3 Å². The highest BCUT2D eigenvalue weighted by Gasteiger charge is 2.20. The monoisotopic (exact) mass is 268 g/mol. The van der Waals surface area contributed by atoms with Crippen molar-refractivity contribution in [1.82, 2.24) is 20.4 Å². The lowest BCUT2D eigenvalue weighted by Crippen LogP contribution is -2.45. The lowest BCUT2D eigenvalue weighted by Gasteiger charge is -2.32. The standard InChI is InChI=1S/C14H28N4O/c1-17-8-10-18(11-9-17)7-3-6-16-14(19)13-4-2-5-15-12-13/h13,15H,2-12H2,1H3,(H,16,19)/t13-/m0/s1. The summed E-state index contributed by atoms with van der Waals surface area (Å²) in [5.41, 5.74) is 0. The summed E-state index contributed by atoms with van der Waals surface area (Å²) in [6.45, 7) is 8.50. The van der Waals surface area contributed by atoms with E-state index in [1.165, 1.54) is 13.1 Å². The number of rotatable bonds is 5. The average Bonchev–Trinajstić information content (AvgIpc) is 2.46. The van der Waals surface area contributed by atoms with Crippen LogP contribution < -0.4 is 10.6 Å². The van der Waals surface area contributed by atoms with Gasteiger partial charge in [0.25, 0.3) is 0 Å². The van der Waals surface area contributed by atoms with Gasteiger partial charge < -0.3 is 20.4 Å². The summed E-state index contributed by atoms with van der Waals surface area (Å²) in [7, 11) is 2.18. The number of likely N-dealkylation sites (N-methyl/N-ethyl adjacent to an activating group) is 1. The molecular formula is C14H28N4O. The van der Waals surface area contributed by atoms with Gasteiger partial charge in [0, 0.05) is 39.3 Å². The molecule has 0 aromatic carbocycles. The Morgan fingerprint density at radius 1 is 1.32 bits per heavy atom. The second-order valence-corrected chi connectivity index (χ2v) is 5.83. The molecule has 0 saturated carbocycles. The molecule has 2 heterocycles. The lowest BCUT2D eigenvalue weighted by molar-refractivity contribution is -0.125. The van der Waals surface area contributed by atoms with Gasteiger partial charge in [0.2, 0.25) is 5.91 Å². The second kappa shape index (κ2) is 7.82. The Balaban J connectivity index is 1.52. The van der Waals surface area contributed by atoms with Gasteiger partial charge in [-0.25, -0.2) is 0 Å². The van der Waals surface area contributed by atoms with Gasteiger partial charge in [0.05, 0.1) is 5.92 Å². The maximum Gasteiger partial charge on any atom is 0.224 e. The Hall–Kier alpha value is -0.650. The third-order valence-electron chi connectivity index (χ3n) is 4.21. The van der Waals surface area contributed by atoms with Crippen LogP contribution in [0.3, 0.4) is 0 Å². The summed E-state index contributed by atoms with van der Waals surface area (Å²) in [4.78, 5) is 16.8. The minimum atomic E-state index is 0.192. The van der Waals surface area contributed by atoms with E-state index in [2.05, 4.69) is 27.5 Å². The molecule has 5 heteroatoms. The van der Waals surface area contributed by atoms with E-state index in [1.807, 2.05) is 0 Å². The van der Waals surface area contributed by atoms with Crippen molar-refractivity contribution >= 4 is 5.91 Å². The first-order valence-electron chi connectivity index (χ1n) is 7.65. The number of piperidine rings is 1. The Kier molecular flexibility index (Phi) is 6.07. The molecule has 0 aromatic rings. The fourth-order valence-electron chi connectivity index (χ4n) is 2.81. The van der Waals surface area contributed by atoms with E-state index in [0.29, 0.717) is 0 Å². The molecule has 1 amide bonds. The number of hydrogen-bond donors (Lipinski definition) is 2. The van der Waals surface area contributed by atoms with Crippen molar-refractivity contribution < 1.29 is 4.79 Å². The zero-order valence-corrected chi connectivity index (χ0v) is 12.2. The zero-order valence-electron chi connectivity index (χ0n) is 12.2. The fourth-order valence-corrected chi connectivity index (χ4v) is 2.81. The summed E-state index contributed by atoms with van der Waals surface area (Å²) in [5.74, 6) is 0.433. The smallest absolute Gasteiger partial charge is 0.224 e. The summed E-state index contributed by atoms with van der Waals surface area (Å²) in [5, 5.41) is 6.37. The van der Waals surface area contributed by atoms with Crippen LogP contribution in [0.5, 0.6) is 0 Å². The largest absolute Gasteiger partial charge is 0.356 e. The molecule has 0 unspecified atom stereocenters. The normalized spacial score (nSPS) is 26.3. The van der Waals surface area contributed by atoms with E-state index in [1.54, 1.807) is 0 Å². The average molecular weight is 268 g/mol. The third-order valence-corrected chi connectivity index (χ3v) is 4.21. The van der Waals surface area contributed by atoms with Crippen LogP contribution >= 0.6 is 0 Å². The summed E-state index contributed by atoms with van der Waals surface area (Å²) < 4.78 is 0. The number of amides is 1. The van der Waals surface area contributed by atoms with E-state index in [4.69, 9.17) is 0 Å². The minimum absolute atomic E-state index is 0.192. The molecule has 0 radical (unpaired) electrons. The Labute approximate surface area is 116 Å². The number of nitrogens with one attached hydrogen (secondary N) is 2. The molecule has 0 spiro atoms. The van der Waals surface area contributed by atoms with Gasteiger partial charge in [-0.3, -0.25) is 4.79 Å². The van der Waals surface area contributed by atoms with Crippen molar-refractivity contribution in [3.05, 3.63) is 0 Å². The number of hydrogen-bond acceptors (Lipinski definition) is 4. The summed E-state index contributed by atoms with van der Waals surface area (Å²) >= 11 is 0. The van der Waals surface area contributed by atoms with Crippen molar-refractivity contribution in [1.29, 1.82) is 0 Å². The van der Waals surface area contributed by atoms with Gasteiger partial charge in [0.1, 0.15) is 0 Å². The molecule has 19 heavy (non-hydrogen) atoms. The number of piperazine rings is 1. The van der Waals surface area contributed by atoms with E-state index in [0.717, 1.165) is 58.5 Å². The highest BCUT2D eigenvalue weighted by Crippen LogP contribution is 2.09. The maximum absolute atomic E-state index is 11.9. The number of nitrogens with zero attached hydrogens (tertiary/aromatic N) is 2. The van der Waals surface area contributed by atoms with Crippen LogP contribution in [0.15, 0.2) is 0 Å². The maximum atomic E-state index is 11.9. The van der Waals surface area contributed by atoms with Gasteiger partial charge in [-0.15, -0.1) is 0 Å². The van der Waals surface area contributed by atoms with Crippen LogP contribution in [-0.4, -0.2) is 75.1 Å². The molecule has 0 aromatic heterocycles. The highest BCUT2D eigenvalue weighted by atomic mass is 16.1. The van der Waals surface area contributed by atoms with E-state index in [9.17, 15) is 4.79 Å². The first-order chi connectivity index (χ1) is 9.25. The zero-order chi connectivity index (χ0) is 13.5. The molecule has 2 rings (SSSR count). The number of carbonyl (C=O) groups excluding carboxylic acids is 1. The molecule has 0 aliphatic carbocycles. The molecule has 5 nitrogen and oxygen atoms in total. The van der Waals surface area contributed by atoms with Crippen molar-refractivity contribution in [2.75, 3.05) is 59.4 Å². The topological polar surface area (TPSA) is 47.6 Å². The van der Waals surface area contributed by atoms with Crippen molar-refractivity contribution in [2.24, 2.45) is 5.92 Å². The van der Waals surface area contributed by atoms with Crippen LogP contribution in [0.25, 0.3) is 0 Å². The molecular weight excluding hydrogens is 240 g/mol. The summed E-state index contributed by atoms with van der Waals surface area (Å²) in [6, 6.07) is 0. The Bertz CT molecular complexity index is 271. The molecule has 2 N–H and O–H groups in total. The van der Waals surface area contributed by atoms with Crippen LogP contribution in [0, 0.1) is 5.92 Å². The van der Waals surface area contributed by atoms with E-state index < -0.39 is 0 Å². The van der Waals surface area contributed by atoms with Crippen molar-refractivity contribution in [3.8, 4) is 0 Å². The highest BCUT2D eigenvalue weighted by molar-refractivity contribution is 5.78. The van der Waals surface area contributed by atoms with Gasteiger partial charge in [-0.2, -0.15) is 0 Å². The quantitative estimate of drug-likeness (QED) is 0.675. The molecule has 110 valence electrons. The predicted octanol–water partition coefficient (Wildman–Crippen LogP) is -0.260. The van der Waals surface area contributed by atoms with Gasteiger partial charge in [-0.1, -0.05) is 0 Å². The minimum Gasteiger partial charge on any atom is -0.356 e. The first-order valence-corrected chi connectivity index (χ1v) is 7.65. The Morgan fingerprint density at radius 2 is 2.11 bits per heavy atom. The lowest BCUT2D eigenvalue weighted by atomic mass is 9.99. The summed E-state index contributed by atoms with van der Waals surface area (Å²) in [6.07, 6.45) is 3.23. The van der Waals surface area contributed by atoms with Crippen LogP contribution in [0.4, 0.5) is 0 Å². The number of carbonyl (C=O) groups is 1. The van der Waals surface area contributed by atoms with Gasteiger partial charge >= 0.3 is 0 Å². The van der Waals surface area contributed by atoms with Crippen molar-refractivity contribution in [3.63, 3.8) is 0 Å². The van der Waals surface area contributed by atoms with E-state index >= 15 is 0 Å². The van der Waals surface area contributed by atoms with Crippen LogP contribution in [-0.2, 0) is 4.79 Å². The first kappa shape index (κ1) is 14.8. The molecule has 0 bridgehead atoms. The second-order valence-electron chi connectivity index (χ2n) is 5.83.